The maximum Gasteiger partial charge on any atom is 0.00683 e. The summed E-state index contributed by atoms with van der Waals surface area (Å²) in [5, 5.41) is 3.81. The molecule has 0 aromatic carbocycles. The van der Waals surface area contributed by atoms with Crippen LogP contribution >= 0.6 is 0 Å². The average molecular weight is 263 g/mol. The van der Waals surface area contributed by atoms with Crippen LogP contribution in [0.5, 0.6) is 0 Å². The normalized spacial score (nSPS) is 37.4. The fourth-order valence-corrected chi connectivity index (χ4v) is 4.58. The zero-order chi connectivity index (χ0) is 13.1. The van der Waals surface area contributed by atoms with Gasteiger partial charge in [0.1, 0.15) is 0 Å². The quantitative estimate of drug-likeness (QED) is 0.754. The minimum atomic E-state index is 0.898. The molecule has 1 N–H and O–H groups in total. The summed E-state index contributed by atoms with van der Waals surface area (Å²) in [6.07, 6.45) is 16.5. The zero-order valence-corrected chi connectivity index (χ0v) is 12.9. The Kier molecular flexibility index (Phi) is 4.84. The summed E-state index contributed by atoms with van der Waals surface area (Å²) >= 11 is 0. The van der Waals surface area contributed by atoms with Gasteiger partial charge in [0.15, 0.2) is 0 Å². The number of rotatable bonds is 5. The van der Waals surface area contributed by atoms with Crippen molar-refractivity contribution in [2.24, 2.45) is 23.7 Å². The second kappa shape index (κ2) is 6.61. The Morgan fingerprint density at radius 2 is 1.63 bits per heavy atom. The summed E-state index contributed by atoms with van der Waals surface area (Å²) in [4.78, 5) is 0. The van der Waals surface area contributed by atoms with Crippen LogP contribution in [0.2, 0.25) is 0 Å². The Labute approximate surface area is 119 Å². The van der Waals surface area contributed by atoms with Gasteiger partial charge in [0.25, 0.3) is 0 Å². The molecule has 0 aliphatic heterocycles. The molecule has 3 saturated carbocycles. The first-order chi connectivity index (χ1) is 9.31. The lowest BCUT2D eigenvalue weighted by molar-refractivity contribution is 0.142. The first kappa shape index (κ1) is 13.9. The molecule has 0 heterocycles. The van der Waals surface area contributed by atoms with Crippen LogP contribution in [0, 0.1) is 23.7 Å². The summed E-state index contributed by atoms with van der Waals surface area (Å²) in [6, 6.07) is 0.898. The van der Waals surface area contributed by atoms with Gasteiger partial charge in [0.2, 0.25) is 0 Å². The molecule has 3 aliphatic carbocycles. The van der Waals surface area contributed by atoms with Crippen LogP contribution in [0.4, 0.5) is 0 Å². The SMILES string of the molecule is CC1CCC(CNC2CC2)C(CC2CCCCC2)C1. The maximum absolute atomic E-state index is 3.81. The van der Waals surface area contributed by atoms with Crippen LogP contribution in [-0.4, -0.2) is 12.6 Å². The first-order valence-electron chi connectivity index (χ1n) is 9.04. The molecule has 19 heavy (non-hydrogen) atoms. The molecule has 3 atom stereocenters. The van der Waals surface area contributed by atoms with Crippen molar-refractivity contribution < 1.29 is 0 Å². The molecule has 1 heteroatoms. The van der Waals surface area contributed by atoms with Crippen LogP contribution in [0.1, 0.15) is 77.6 Å². The largest absolute Gasteiger partial charge is 0.314 e. The molecule has 0 bridgehead atoms. The van der Waals surface area contributed by atoms with E-state index in [-0.39, 0.29) is 0 Å². The van der Waals surface area contributed by atoms with Crippen molar-refractivity contribution in [3.63, 3.8) is 0 Å². The highest BCUT2D eigenvalue weighted by atomic mass is 14.9. The zero-order valence-electron chi connectivity index (χ0n) is 12.9. The average Bonchev–Trinajstić information content (AvgIpc) is 3.23. The van der Waals surface area contributed by atoms with Gasteiger partial charge in [-0.1, -0.05) is 45.4 Å². The van der Waals surface area contributed by atoms with Gasteiger partial charge in [0, 0.05) is 6.04 Å². The lowest BCUT2D eigenvalue weighted by Crippen LogP contribution is -2.34. The number of hydrogen-bond acceptors (Lipinski definition) is 1. The summed E-state index contributed by atoms with van der Waals surface area (Å²) in [5.41, 5.74) is 0. The van der Waals surface area contributed by atoms with Gasteiger partial charge < -0.3 is 5.32 Å². The summed E-state index contributed by atoms with van der Waals surface area (Å²) in [7, 11) is 0. The summed E-state index contributed by atoms with van der Waals surface area (Å²) < 4.78 is 0. The maximum atomic E-state index is 3.81. The lowest BCUT2D eigenvalue weighted by Gasteiger charge is -2.38. The van der Waals surface area contributed by atoms with E-state index in [0.29, 0.717) is 0 Å². The summed E-state index contributed by atoms with van der Waals surface area (Å²) in [6.45, 7) is 3.81. The van der Waals surface area contributed by atoms with Crippen molar-refractivity contribution in [2.75, 3.05) is 6.54 Å². The Hall–Kier alpha value is -0.0400. The lowest BCUT2D eigenvalue weighted by atomic mass is 9.69. The molecule has 110 valence electrons. The first-order valence-corrected chi connectivity index (χ1v) is 9.04. The van der Waals surface area contributed by atoms with Crippen LogP contribution < -0.4 is 5.32 Å². The van der Waals surface area contributed by atoms with Gasteiger partial charge in [-0.25, -0.2) is 0 Å². The Morgan fingerprint density at radius 3 is 2.37 bits per heavy atom. The topological polar surface area (TPSA) is 12.0 Å². The fourth-order valence-electron chi connectivity index (χ4n) is 4.58. The fraction of sp³-hybridized carbons (Fsp3) is 1.00. The van der Waals surface area contributed by atoms with Gasteiger partial charge in [0.05, 0.1) is 0 Å². The van der Waals surface area contributed by atoms with Crippen LogP contribution in [0.25, 0.3) is 0 Å². The number of nitrogens with one attached hydrogen (secondary N) is 1. The van der Waals surface area contributed by atoms with E-state index in [1.54, 1.807) is 6.42 Å². The molecule has 0 spiro atoms. The minimum Gasteiger partial charge on any atom is -0.314 e. The third-order valence-electron chi connectivity index (χ3n) is 6.01. The predicted molar refractivity (Wildman–Crippen MR) is 82.2 cm³/mol. The van der Waals surface area contributed by atoms with E-state index in [0.717, 1.165) is 29.7 Å². The smallest absolute Gasteiger partial charge is 0.00683 e. The van der Waals surface area contributed by atoms with Gasteiger partial charge in [-0.2, -0.15) is 0 Å². The van der Waals surface area contributed by atoms with Crippen molar-refractivity contribution >= 4 is 0 Å². The second-order valence-corrected chi connectivity index (χ2v) is 7.86. The highest BCUT2D eigenvalue weighted by Crippen LogP contribution is 2.40. The Balaban J connectivity index is 1.50. The second-order valence-electron chi connectivity index (χ2n) is 7.86. The standard InChI is InChI=1S/C18H33N/c1-14-7-8-16(13-19-18-9-10-18)17(11-14)12-15-5-3-2-4-6-15/h14-19H,2-13H2,1H3. The monoisotopic (exact) mass is 263 g/mol. The van der Waals surface area contributed by atoms with Crippen molar-refractivity contribution in [3.8, 4) is 0 Å². The summed E-state index contributed by atoms with van der Waals surface area (Å²) in [5.74, 6) is 4.11. The molecule has 3 fully saturated rings. The van der Waals surface area contributed by atoms with Gasteiger partial charge >= 0.3 is 0 Å². The molecule has 0 radical (unpaired) electrons. The van der Waals surface area contributed by atoms with Gasteiger partial charge in [-0.05, 0) is 62.3 Å². The van der Waals surface area contributed by atoms with Crippen molar-refractivity contribution in [1.29, 1.82) is 0 Å². The van der Waals surface area contributed by atoms with Gasteiger partial charge in [-0.15, -0.1) is 0 Å². The molecule has 0 aromatic heterocycles. The van der Waals surface area contributed by atoms with E-state index in [2.05, 4.69) is 12.2 Å². The van der Waals surface area contributed by atoms with E-state index in [1.807, 2.05) is 0 Å². The van der Waals surface area contributed by atoms with Crippen molar-refractivity contribution in [2.45, 2.75) is 83.6 Å². The molecular weight excluding hydrogens is 230 g/mol. The molecule has 3 unspecified atom stereocenters. The molecule has 3 rings (SSSR count). The highest BCUT2D eigenvalue weighted by molar-refractivity contribution is 4.86. The van der Waals surface area contributed by atoms with Crippen molar-refractivity contribution in [1.82, 2.24) is 5.32 Å². The Bertz CT molecular complexity index is 265. The van der Waals surface area contributed by atoms with E-state index in [9.17, 15) is 0 Å². The highest BCUT2D eigenvalue weighted by Gasteiger charge is 2.32. The molecule has 1 nitrogen and oxygen atoms in total. The molecule has 0 saturated heterocycles. The third-order valence-corrected chi connectivity index (χ3v) is 6.01. The molecular formula is C18H33N. The molecule has 0 aromatic rings. The Morgan fingerprint density at radius 1 is 0.842 bits per heavy atom. The number of hydrogen-bond donors (Lipinski definition) is 1. The van der Waals surface area contributed by atoms with E-state index in [4.69, 9.17) is 0 Å². The van der Waals surface area contributed by atoms with Crippen LogP contribution in [0.15, 0.2) is 0 Å². The van der Waals surface area contributed by atoms with E-state index < -0.39 is 0 Å². The molecule has 0 amide bonds. The minimum absolute atomic E-state index is 0.898. The predicted octanol–water partition coefficient (Wildman–Crippen LogP) is 4.76. The third kappa shape index (κ3) is 4.21. The van der Waals surface area contributed by atoms with E-state index >= 15 is 0 Å². The van der Waals surface area contributed by atoms with Crippen LogP contribution in [-0.2, 0) is 0 Å². The van der Waals surface area contributed by atoms with Crippen molar-refractivity contribution in [3.05, 3.63) is 0 Å². The van der Waals surface area contributed by atoms with Gasteiger partial charge in [-0.3, -0.25) is 0 Å². The van der Waals surface area contributed by atoms with Crippen LogP contribution in [0.3, 0.4) is 0 Å². The molecule has 3 aliphatic rings. The van der Waals surface area contributed by atoms with E-state index in [1.165, 1.54) is 70.8 Å².